The van der Waals surface area contributed by atoms with Gasteiger partial charge in [0.25, 0.3) is 0 Å². The predicted octanol–water partition coefficient (Wildman–Crippen LogP) is 4.00. The zero-order chi connectivity index (χ0) is 17.3. The van der Waals surface area contributed by atoms with Crippen molar-refractivity contribution >= 4 is 16.7 Å². The fourth-order valence-corrected chi connectivity index (χ4v) is 3.98. The number of aromatic nitrogens is 4. The molecule has 4 heterocycles. The van der Waals surface area contributed by atoms with Crippen molar-refractivity contribution in [2.75, 3.05) is 6.54 Å². The fraction of sp³-hybridized carbons (Fsp3) is 0.286. The predicted molar refractivity (Wildman–Crippen MR) is 102 cm³/mol. The second-order valence-electron chi connectivity index (χ2n) is 7.00. The molecule has 130 valence electrons. The number of nitrogens with zero attached hydrogens (tertiary/aromatic N) is 5. The van der Waals surface area contributed by atoms with Crippen molar-refractivity contribution in [2.24, 2.45) is 0 Å². The number of rotatable bonds is 3. The van der Waals surface area contributed by atoms with Crippen LogP contribution in [0.1, 0.15) is 36.6 Å². The van der Waals surface area contributed by atoms with E-state index >= 15 is 0 Å². The molecule has 0 amide bonds. The highest BCUT2D eigenvalue weighted by atomic mass is 15.2. The smallest absolute Gasteiger partial charge is 0.233 e. The second kappa shape index (κ2) is 6.50. The summed E-state index contributed by atoms with van der Waals surface area (Å²) in [4.78, 5) is 16.1. The molecule has 0 saturated carbocycles. The minimum Gasteiger partial charge on any atom is -0.291 e. The number of benzene rings is 1. The number of pyridine rings is 1. The Kier molecular flexibility index (Phi) is 3.87. The summed E-state index contributed by atoms with van der Waals surface area (Å²) >= 11 is 0. The van der Waals surface area contributed by atoms with E-state index in [9.17, 15) is 0 Å². The van der Waals surface area contributed by atoms with E-state index in [1.807, 2.05) is 22.9 Å². The number of imidazole rings is 1. The highest BCUT2D eigenvalue weighted by Crippen LogP contribution is 2.31. The van der Waals surface area contributed by atoms with E-state index in [1.54, 1.807) is 6.20 Å². The van der Waals surface area contributed by atoms with Crippen LogP contribution in [0.3, 0.4) is 0 Å². The van der Waals surface area contributed by atoms with E-state index in [4.69, 9.17) is 4.98 Å². The summed E-state index contributed by atoms with van der Waals surface area (Å²) in [6, 6.07) is 13.2. The van der Waals surface area contributed by atoms with Crippen molar-refractivity contribution in [2.45, 2.75) is 31.8 Å². The number of piperidine rings is 1. The average Bonchev–Trinajstić information content (AvgIpc) is 3.16. The molecule has 4 aromatic rings. The van der Waals surface area contributed by atoms with Crippen molar-refractivity contribution in [3.8, 4) is 0 Å². The van der Waals surface area contributed by atoms with Crippen LogP contribution in [0.4, 0.5) is 0 Å². The summed E-state index contributed by atoms with van der Waals surface area (Å²) in [5.41, 5.74) is 3.52. The Bertz CT molecular complexity index is 1050. The Morgan fingerprint density at radius 1 is 1.00 bits per heavy atom. The molecule has 0 unspecified atom stereocenters. The highest BCUT2D eigenvalue weighted by Gasteiger charge is 2.25. The Balaban J connectivity index is 1.44. The summed E-state index contributed by atoms with van der Waals surface area (Å²) in [6.45, 7) is 2.05. The van der Waals surface area contributed by atoms with Crippen LogP contribution in [0.5, 0.6) is 0 Å². The van der Waals surface area contributed by atoms with E-state index in [0.717, 1.165) is 36.5 Å². The van der Waals surface area contributed by atoms with Gasteiger partial charge < -0.3 is 0 Å². The summed E-state index contributed by atoms with van der Waals surface area (Å²) in [5.74, 6) is 0.782. The van der Waals surface area contributed by atoms with Gasteiger partial charge in [-0.2, -0.15) is 0 Å². The molecule has 1 atom stereocenters. The lowest BCUT2D eigenvalue weighted by molar-refractivity contribution is 0.137. The minimum absolute atomic E-state index is 0.357. The molecule has 1 aliphatic heterocycles. The standard InChI is InChI=1S/C21H21N5/c1-2-11-26(15-16-6-7-18-17(14-16)4-3-9-22-18)20(5-1)19-8-12-25-13-10-23-21(25)24-19/h3-4,6-10,12-14,20H,1-2,5,11,15H2/t20-/m0/s1. The van der Waals surface area contributed by atoms with Crippen LogP contribution in [-0.4, -0.2) is 30.8 Å². The maximum absolute atomic E-state index is 4.80. The molecule has 5 heteroatoms. The van der Waals surface area contributed by atoms with Crippen LogP contribution in [0.15, 0.2) is 61.2 Å². The summed E-state index contributed by atoms with van der Waals surface area (Å²) in [6.07, 6.45) is 11.3. The molecule has 0 radical (unpaired) electrons. The third-order valence-corrected chi connectivity index (χ3v) is 5.29. The third-order valence-electron chi connectivity index (χ3n) is 5.29. The van der Waals surface area contributed by atoms with Crippen molar-refractivity contribution < 1.29 is 0 Å². The molecule has 1 aliphatic rings. The van der Waals surface area contributed by atoms with Gasteiger partial charge in [0.15, 0.2) is 0 Å². The van der Waals surface area contributed by atoms with Gasteiger partial charge in [-0.1, -0.05) is 18.6 Å². The van der Waals surface area contributed by atoms with Gasteiger partial charge in [0, 0.05) is 36.7 Å². The maximum Gasteiger partial charge on any atom is 0.233 e. The molecule has 3 aromatic heterocycles. The Morgan fingerprint density at radius 3 is 3.00 bits per heavy atom. The number of fused-ring (bicyclic) bond motifs is 2. The molecule has 0 bridgehead atoms. The summed E-state index contributed by atoms with van der Waals surface area (Å²) in [7, 11) is 0. The zero-order valence-electron chi connectivity index (χ0n) is 14.6. The first kappa shape index (κ1) is 15.5. The molecular weight excluding hydrogens is 322 g/mol. The normalized spacial score (nSPS) is 18.5. The van der Waals surface area contributed by atoms with Gasteiger partial charge in [0.2, 0.25) is 5.78 Å². The Morgan fingerprint density at radius 2 is 2.00 bits per heavy atom. The molecule has 5 rings (SSSR count). The van der Waals surface area contributed by atoms with E-state index < -0.39 is 0 Å². The van der Waals surface area contributed by atoms with Crippen LogP contribution in [0.2, 0.25) is 0 Å². The monoisotopic (exact) mass is 343 g/mol. The van der Waals surface area contributed by atoms with Crippen molar-refractivity contribution in [3.63, 3.8) is 0 Å². The quantitative estimate of drug-likeness (QED) is 0.564. The van der Waals surface area contributed by atoms with Crippen LogP contribution in [0, 0.1) is 0 Å². The maximum atomic E-state index is 4.80. The van der Waals surface area contributed by atoms with E-state index in [2.05, 4.69) is 51.4 Å². The lowest BCUT2D eigenvalue weighted by atomic mass is 9.98. The summed E-state index contributed by atoms with van der Waals surface area (Å²) in [5, 5.41) is 1.20. The molecule has 0 N–H and O–H groups in total. The van der Waals surface area contributed by atoms with Crippen molar-refractivity contribution in [1.29, 1.82) is 0 Å². The van der Waals surface area contributed by atoms with E-state index in [-0.39, 0.29) is 0 Å². The van der Waals surface area contributed by atoms with Gasteiger partial charge in [-0.15, -0.1) is 0 Å². The third kappa shape index (κ3) is 2.84. The van der Waals surface area contributed by atoms with E-state index in [0.29, 0.717) is 6.04 Å². The summed E-state index contributed by atoms with van der Waals surface area (Å²) < 4.78 is 1.97. The molecular formula is C21H21N5. The topological polar surface area (TPSA) is 46.3 Å². The molecule has 1 aromatic carbocycles. The van der Waals surface area contributed by atoms with Gasteiger partial charge in [0.05, 0.1) is 17.3 Å². The van der Waals surface area contributed by atoms with Gasteiger partial charge in [-0.05, 0) is 49.2 Å². The molecule has 0 spiro atoms. The fourth-order valence-electron chi connectivity index (χ4n) is 3.98. The van der Waals surface area contributed by atoms with Crippen LogP contribution < -0.4 is 0 Å². The van der Waals surface area contributed by atoms with Crippen LogP contribution >= 0.6 is 0 Å². The number of likely N-dealkylation sites (tertiary alicyclic amines) is 1. The molecule has 0 aliphatic carbocycles. The first-order valence-electron chi connectivity index (χ1n) is 9.24. The first-order chi connectivity index (χ1) is 12.9. The second-order valence-corrected chi connectivity index (χ2v) is 7.00. The Hall–Kier alpha value is -2.79. The largest absolute Gasteiger partial charge is 0.291 e. The van der Waals surface area contributed by atoms with Gasteiger partial charge in [-0.3, -0.25) is 14.3 Å². The SMILES string of the molecule is c1cnc2ccc(CN3CCCC[C@H]3c3ccn4ccnc4n3)cc2c1. The van der Waals surface area contributed by atoms with Gasteiger partial charge in [0.1, 0.15) is 0 Å². The van der Waals surface area contributed by atoms with Gasteiger partial charge in [-0.25, -0.2) is 9.97 Å². The molecule has 26 heavy (non-hydrogen) atoms. The molecule has 5 nitrogen and oxygen atoms in total. The van der Waals surface area contributed by atoms with E-state index in [1.165, 1.54) is 23.8 Å². The zero-order valence-corrected chi connectivity index (χ0v) is 14.6. The van der Waals surface area contributed by atoms with Crippen molar-refractivity contribution in [1.82, 2.24) is 24.3 Å². The number of hydrogen-bond donors (Lipinski definition) is 0. The lowest BCUT2D eigenvalue weighted by Gasteiger charge is -2.35. The minimum atomic E-state index is 0.357. The van der Waals surface area contributed by atoms with Crippen molar-refractivity contribution in [3.05, 3.63) is 72.4 Å². The molecule has 1 saturated heterocycles. The number of hydrogen-bond acceptors (Lipinski definition) is 4. The van der Waals surface area contributed by atoms with Gasteiger partial charge >= 0.3 is 0 Å². The Labute approximate surface area is 152 Å². The first-order valence-corrected chi connectivity index (χ1v) is 9.24. The van der Waals surface area contributed by atoms with Crippen LogP contribution in [0.25, 0.3) is 16.7 Å². The highest BCUT2D eigenvalue weighted by molar-refractivity contribution is 5.78. The molecule has 1 fully saturated rings. The van der Waals surface area contributed by atoms with Crippen LogP contribution in [-0.2, 0) is 6.54 Å². The lowest BCUT2D eigenvalue weighted by Crippen LogP contribution is -2.33. The average molecular weight is 343 g/mol.